The van der Waals surface area contributed by atoms with Crippen molar-refractivity contribution in [3.05, 3.63) is 65.0 Å². The lowest BCUT2D eigenvalue weighted by Gasteiger charge is -2.34. The molecule has 0 unspecified atom stereocenters. The molecule has 1 aliphatic heterocycles. The smallest absolute Gasteiger partial charge is 0.140 e. The molecule has 0 fully saturated rings. The predicted octanol–water partition coefficient (Wildman–Crippen LogP) is 2.62. The number of hydrogen-bond donors (Lipinski definition) is 1. The van der Waals surface area contributed by atoms with E-state index in [-0.39, 0.29) is 5.56 Å². The Morgan fingerprint density at radius 2 is 2.10 bits per heavy atom. The van der Waals surface area contributed by atoms with Crippen molar-refractivity contribution >= 4 is 5.69 Å². The van der Waals surface area contributed by atoms with Crippen molar-refractivity contribution in [2.75, 3.05) is 11.4 Å². The van der Waals surface area contributed by atoms with Crippen molar-refractivity contribution < 1.29 is 9.50 Å². The first-order chi connectivity index (χ1) is 10.2. The summed E-state index contributed by atoms with van der Waals surface area (Å²) in [6.07, 6.45) is 0.246. The highest BCUT2D eigenvalue weighted by molar-refractivity contribution is 5.56. The topological polar surface area (TPSA) is 47.3 Å². The zero-order valence-corrected chi connectivity index (χ0v) is 11.5. The Hall–Kier alpha value is -2.38. The summed E-state index contributed by atoms with van der Waals surface area (Å²) in [5.41, 5.74) is 3.11. The SMILES string of the molecule is N#Cc1cc(CN2C[C@@H](O)Cc3ccccc32)ccc1F. The van der Waals surface area contributed by atoms with E-state index in [1.807, 2.05) is 30.3 Å². The lowest BCUT2D eigenvalue weighted by Crippen LogP contribution is -2.38. The number of hydrogen-bond acceptors (Lipinski definition) is 3. The molecule has 0 spiro atoms. The summed E-state index contributed by atoms with van der Waals surface area (Å²) in [7, 11) is 0. The van der Waals surface area contributed by atoms with Crippen LogP contribution in [0, 0.1) is 17.1 Å². The lowest BCUT2D eigenvalue weighted by atomic mass is 9.99. The molecule has 1 heterocycles. The Balaban J connectivity index is 1.90. The third-order valence-electron chi connectivity index (χ3n) is 3.74. The summed E-state index contributed by atoms with van der Waals surface area (Å²) in [5, 5.41) is 18.9. The molecule has 2 aromatic rings. The first-order valence-electron chi connectivity index (χ1n) is 6.87. The molecule has 3 rings (SSSR count). The van der Waals surface area contributed by atoms with Gasteiger partial charge in [-0.3, -0.25) is 0 Å². The van der Waals surface area contributed by atoms with Crippen molar-refractivity contribution in [2.45, 2.75) is 19.1 Å². The number of anilines is 1. The van der Waals surface area contributed by atoms with Gasteiger partial charge in [0.15, 0.2) is 0 Å². The highest BCUT2D eigenvalue weighted by atomic mass is 19.1. The van der Waals surface area contributed by atoms with Crippen LogP contribution in [-0.4, -0.2) is 17.8 Å². The summed E-state index contributed by atoms with van der Waals surface area (Å²) in [5.74, 6) is -0.500. The first-order valence-corrected chi connectivity index (χ1v) is 6.87. The summed E-state index contributed by atoms with van der Waals surface area (Å²) in [4.78, 5) is 2.07. The summed E-state index contributed by atoms with van der Waals surface area (Å²) < 4.78 is 13.4. The van der Waals surface area contributed by atoms with E-state index in [2.05, 4.69) is 4.90 Å². The molecule has 4 heteroatoms. The van der Waals surface area contributed by atoms with Crippen molar-refractivity contribution in [3.63, 3.8) is 0 Å². The fourth-order valence-corrected chi connectivity index (χ4v) is 2.79. The number of β-amino-alcohol motifs (C(OH)–C–C–N with tert-alkyl or cyclic N) is 1. The Labute approximate surface area is 122 Å². The number of nitriles is 1. The standard InChI is InChI=1S/C17H15FN2O/c18-16-6-5-12(7-14(16)9-19)10-20-11-15(21)8-13-3-1-2-4-17(13)20/h1-7,15,21H,8,10-11H2/t15-/m0/s1. The number of para-hydroxylation sites is 1. The van der Waals surface area contributed by atoms with Crippen LogP contribution < -0.4 is 4.90 Å². The maximum Gasteiger partial charge on any atom is 0.140 e. The zero-order chi connectivity index (χ0) is 14.8. The minimum atomic E-state index is -0.500. The molecule has 0 radical (unpaired) electrons. The number of aliphatic hydroxyl groups is 1. The van der Waals surface area contributed by atoms with Gasteiger partial charge in [-0.05, 0) is 29.3 Å². The average molecular weight is 282 g/mol. The van der Waals surface area contributed by atoms with E-state index in [0.29, 0.717) is 19.5 Å². The van der Waals surface area contributed by atoms with Gasteiger partial charge >= 0.3 is 0 Å². The second-order valence-electron chi connectivity index (χ2n) is 5.29. The fourth-order valence-electron chi connectivity index (χ4n) is 2.79. The molecule has 0 bridgehead atoms. The number of fused-ring (bicyclic) bond motifs is 1. The molecule has 0 saturated carbocycles. The summed E-state index contributed by atoms with van der Waals surface area (Å²) >= 11 is 0. The number of benzene rings is 2. The number of aliphatic hydroxyl groups excluding tert-OH is 1. The number of nitrogens with zero attached hydrogens (tertiary/aromatic N) is 2. The van der Waals surface area contributed by atoms with Crippen LogP contribution >= 0.6 is 0 Å². The fraction of sp³-hybridized carbons (Fsp3) is 0.235. The van der Waals surface area contributed by atoms with E-state index in [4.69, 9.17) is 5.26 Å². The molecule has 0 amide bonds. The van der Waals surface area contributed by atoms with E-state index in [0.717, 1.165) is 16.8 Å². The third-order valence-corrected chi connectivity index (χ3v) is 3.74. The van der Waals surface area contributed by atoms with Crippen molar-refractivity contribution in [1.29, 1.82) is 5.26 Å². The number of halogens is 1. The van der Waals surface area contributed by atoms with E-state index < -0.39 is 11.9 Å². The molecular weight excluding hydrogens is 267 g/mol. The molecule has 1 N–H and O–H groups in total. The van der Waals surface area contributed by atoms with Crippen molar-refractivity contribution in [1.82, 2.24) is 0 Å². The second-order valence-corrected chi connectivity index (χ2v) is 5.29. The molecule has 3 nitrogen and oxygen atoms in total. The highest BCUT2D eigenvalue weighted by Gasteiger charge is 2.22. The molecule has 0 saturated heterocycles. The maximum absolute atomic E-state index is 13.4. The van der Waals surface area contributed by atoms with Gasteiger partial charge in [0.05, 0.1) is 11.7 Å². The van der Waals surface area contributed by atoms with E-state index in [1.165, 1.54) is 6.07 Å². The van der Waals surface area contributed by atoms with Crippen LogP contribution in [0.15, 0.2) is 42.5 Å². The van der Waals surface area contributed by atoms with Crippen LogP contribution in [0.4, 0.5) is 10.1 Å². The zero-order valence-electron chi connectivity index (χ0n) is 11.5. The monoisotopic (exact) mass is 282 g/mol. The van der Waals surface area contributed by atoms with Gasteiger partial charge in [0.2, 0.25) is 0 Å². The average Bonchev–Trinajstić information content (AvgIpc) is 2.49. The predicted molar refractivity (Wildman–Crippen MR) is 78.3 cm³/mol. The maximum atomic E-state index is 13.4. The van der Waals surface area contributed by atoms with Crippen LogP contribution in [-0.2, 0) is 13.0 Å². The van der Waals surface area contributed by atoms with Crippen LogP contribution in [0.25, 0.3) is 0 Å². The van der Waals surface area contributed by atoms with E-state index in [9.17, 15) is 9.50 Å². The van der Waals surface area contributed by atoms with Crippen LogP contribution in [0.2, 0.25) is 0 Å². The third kappa shape index (κ3) is 2.74. The Kier molecular flexibility index (Phi) is 3.59. The highest BCUT2D eigenvalue weighted by Crippen LogP contribution is 2.28. The van der Waals surface area contributed by atoms with Gasteiger partial charge in [-0.25, -0.2) is 4.39 Å². The minimum Gasteiger partial charge on any atom is -0.391 e. The van der Waals surface area contributed by atoms with Crippen molar-refractivity contribution in [3.8, 4) is 6.07 Å². The second kappa shape index (κ2) is 5.55. The van der Waals surface area contributed by atoms with Gasteiger partial charge in [0.1, 0.15) is 11.9 Å². The Bertz CT molecular complexity index is 708. The van der Waals surface area contributed by atoms with Gasteiger partial charge in [0.25, 0.3) is 0 Å². The van der Waals surface area contributed by atoms with Crippen LogP contribution in [0.5, 0.6) is 0 Å². The molecule has 106 valence electrons. The Morgan fingerprint density at radius 1 is 1.29 bits per heavy atom. The molecule has 1 aliphatic rings. The van der Waals surface area contributed by atoms with E-state index in [1.54, 1.807) is 12.1 Å². The van der Waals surface area contributed by atoms with Gasteiger partial charge in [-0.1, -0.05) is 24.3 Å². The minimum absolute atomic E-state index is 0.0540. The van der Waals surface area contributed by atoms with Gasteiger partial charge in [-0.15, -0.1) is 0 Å². The first kappa shape index (κ1) is 13.6. The number of rotatable bonds is 2. The van der Waals surface area contributed by atoms with Gasteiger partial charge < -0.3 is 10.0 Å². The van der Waals surface area contributed by atoms with Crippen LogP contribution in [0.1, 0.15) is 16.7 Å². The molecular formula is C17H15FN2O. The quantitative estimate of drug-likeness (QED) is 0.921. The van der Waals surface area contributed by atoms with Crippen molar-refractivity contribution in [2.24, 2.45) is 0 Å². The molecule has 0 aromatic heterocycles. The summed E-state index contributed by atoms with van der Waals surface area (Å²) in [6, 6.07) is 14.4. The molecule has 21 heavy (non-hydrogen) atoms. The van der Waals surface area contributed by atoms with Gasteiger partial charge in [0, 0.05) is 25.2 Å². The Morgan fingerprint density at radius 3 is 2.90 bits per heavy atom. The van der Waals surface area contributed by atoms with Crippen LogP contribution in [0.3, 0.4) is 0 Å². The normalized spacial score (nSPS) is 17.2. The molecule has 0 aliphatic carbocycles. The van der Waals surface area contributed by atoms with Gasteiger partial charge in [-0.2, -0.15) is 5.26 Å². The lowest BCUT2D eigenvalue weighted by molar-refractivity contribution is 0.174. The van der Waals surface area contributed by atoms with E-state index >= 15 is 0 Å². The molecule has 1 atom stereocenters. The largest absolute Gasteiger partial charge is 0.391 e. The summed E-state index contributed by atoms with van der Waals surface area (Å²) in [6.45, 7) is 1.08. The molecule has 2 aromatic carbocycles.